The molecule has 2 heterocycles. The molecule has 2 saturated heterocycles. The molecule has 0 saturated carbocycles. The van der Waals surface area contributed by atoms with E-state index in [9.17, 15) is 17.6 Å². The van der Waals surface area contributed by atoms with Crippen LogP contribution in [0.1, 0.15) is 15.9 Å². The lowest BCUT2D eigenvalue weighted by atomic mass is 10.1. The number of anilines is 1. The Morgan fingerprint density at radius 1 is 1.00 bits per heavy atom. The summed E-state index contributed by atoms with van der Waals surface area (Å²) in [4.78, 5) is 17.0. The van der Waals surface area contributed by atoms with E-state index < -0.39 is 15.8 Å². The fourth-order valence-electron chi connectivity index (χ4n) is 4.02. The van der Waals surface area contributed by atoms with E-state index in [0.29, 0.717) is 50.8 Å². The maximum Gasteiger partial charge on any atom is 0.256 e. The summed E-state index contributed by atoms with van der Waals surface area (Å²) in [7, 11) is -2.19. The summed E-state index contributed by atoms with van der Waals surface area (Å²) in [5, 5.41) is 0. The van der Waals surface area contributed by atoms with Crippen molar-refractivity contribution in [3.05, 3.63) is 59.4 Å². The number of amides is 1. The number of rotatable bonds is 6. The molecule has 4 rings (SSSR count). The standard InChI is InChI=1S/C23H28FN3O5S/c1-25(17-18-4-2-3-5-21(18)24)23(28)20-16-19(33(29,30)27-10-14-32-15-11-27)6-7-22(20)26-8-12-31-13-9-26/h2-7,16H,8-15,17H2,1H3. The van der Waals surface area contributed by atoms with Crippen LogP contribution in [0.5, 0.6) is 0 Å². The number of morpholine rings is 2. The first kappa shape index (κ1) is 23.6. The van der Waals surface area contributed by atoms with Crippen LogP contribution in [0.2, 0.25) is 0 Å². The van der Waals surface area contributed by atoms with Crippen molar-refractivity contribution in [2.45, 2.75) is 11.4 Å². The Hall–Kier alpha value is -2.53. The van der Waals surface area contributed by atoms with Crippen molar-refractivity contribution in [2.24, 2.45) is 0 Å². The topological polar surface area (TPSA) is 79.4 Å². The van der Waals surface area contributed by atoms with Crippen LogP contribution in [0.25, 0.3) is 0 Å². The number of carbonyl (C=O) groups is 1. The molecule has 0 spiro atoms. The quantitative estimate of drug-likeness (QED) is 0.633. The second-order valence-corrected chi connectivity index (χ2v) is 9.99. The van der Waals surface area contributed by atoms with Gasteiger partial charge in [-0.05, 0) is 24.3 Å². The van der Waals surface area contributed by atoms with Gasteiger partial charge in [0, 0.05) is 51.0 Å². The molecule has 2 aliphatic heterocycles. The van der Waals surface area contributed by atoms with Gasteiger partial charge >= 0.3 is 0 Å². The Morgan fingerprint density at radius 3 is 2.30 bits per heavy atom. The smallest absolute Gasteiger partial charge is 0.256 e. The Balaban J connectivity index is 1.68. The molecule has 1 amide bonds. The van der Waals surface area contributed by atoms with E-state index in [1.165, 1.54) is 21.3 Å². The van der Waals surface area contributed by atoms with Gasteiger partial charge in [0.1, 0.15) is 5.82 Å². The van der Waals surface area contributed by atoms with Crippen LogP contribution in [-0.4, -0.2) is 83.2 Å². The molecular weight excluding hydrogens is 449 g/mol. The molecule has 2 aliphatic rings. The Bertz CT molecular complexity index is 1100. The van der Waals surface area contributed by atoms with Crippen LogP contribution >= 0.6 is 0 Å². The van der Waals surface area contributed by atoms with Crippen molar-refractivity contribution >= 4 is 21.6 Å². The normalized spacial score (nSPS) is 17.7. The summed E-state index contributed by atoms with van der Waals surface area (Å²) in [5.41, 5.74) is 1.30. The van der Waals surface area contributed by atoms with Crippen LogP contribution in [0.4, 0.5) is 10.1 Å². The molecule has 0 unspecified atom stereocenters. The molecule has 0 N–H and O–H groups in total. The van der Waals surface area contributed by atoms with Crippen molar-refractivity contribution in [3.8, 4) is 0 Å². The van der Waals surface area contributed by atoms with Crippen molar-refractivity contribution in [1.82, 2.24) is 9.21 Å². The van der Waals surface area contributed by atoms with Gasteiger partial charge in [0.15, 0.2) is 0 Å². The maximum atomic E-state index is 14.2. The van der Waals surface area contributed by atoms with Gasteiger partial charge in [0.05, 0.1) is 36.9 Å². The Kier molecular flexibility index (Phi) is 7.28. The lowest BCUT2D eigenvalue weighted by Crippen LogP contribution is -2.41. The number of ether oxygens (including phenoxy) is 2. The van der Waals surface area contributed by atoms with Crippen LogP contribution in [0, 0.1) is 5.82 Å². The molecule has 10 heteroatoms. The molecule has 0 aromatic heterocycles. The molecule has 0 atom stereocenters. The third-order valence-corrected chi connectivity index (χ3v) is 7.76. The Morgan fingerprint density at radius 2 is 1.64 bits per heavy atom. The fraction of sp³-hybridized carbons (Fsp3) is 0.435. The summed E-state index contributed by atoms with van der Waals surface area (Å²) in [6.07, 6.45) is 0. The number of halogens is 1. The van der Waals surface area contributed by atoms with E-state index in [1.807, 2.05) is 4.90 Å². The molecule has 178 valence electrons. The number of hydrogen-bond donors (Lipinski definition) is 0. The van der Waals surface area contributed by atoms with Gasteiger partial charge in [-0.15, -0.1) is 0 Å². The number of sulfonamides is 1. The third-order valence-electron chi connectivity index (χ3n) is 5.87. The summed E-state index contributed by atoms with van der Waals surface area (Å²) in [6.45, 7) is 3.49. The molecular formula is C23H28FN3O5S. The summed E-state index contributed by atoms with van der Waals surface area (Å²) in [6, 6.07) is 11.0. The number of carbonyl (C=O) groups excluding carboxylic acids is 1. The van der Waals surface area contributed by atoms with Crippen molar-refractivity contribution < 1.29 is 27.1 Å². The second kappa shape index (κ2) is 10.2. The van der Waals surface area contributed by atoms with Gasteiger partial charge in [0.25, 0.3) is 5.91 Å². The van der Waals surface area contributed by atoms with Gasteiger partial charge in [-0.3, -0.25) is 4.79 Å². The first-order valence-corrected chi connectivity index (χ1v) is 12.4. The second-order valence-electron chi connectivity index (χ2n) is 8.05. The van der Waals surface area contributed by atoms with Crippen LogP contribution in [0.15, 0.2) is 47.4 Å². The van der Waals surface area contributed by atoms with Crippen molar-refractivity contribution in [3.63, 3.8) is 0 Å². The van der Waals surface area contributed by atoms with Gasteiger partial charge in [0.2, 0.25) is 10.0 Å². The van der Waals surface area contributed by atoms with E-state index in [-0.39, 0.29) is 36.0 Å². The molecule has 33 heavy (non-hydrogen) atoms. The number of hydrogen-bond acceptors (Lipinski definition) is 6. The number of nitrogens with zero attached hydrogens (tertiary/aromatic N) is 3. The summed E-state index contributed by atoms with van der Waals surface area (Å²) >= 11 is 0. The van der Waals surface area contributed by atoms with E-state index in [1.54, 1.807) is 37.4 Å². The van der Waals surface area contributed by atoms with E-state index in [4.69, 9.17) is 9.47 Å². The molecule has 2 fully saturated rings. The summed E-state index contributed by atoms with van der Waals surface area (Å²) < 4.78 is 52.7. The highest BCUT2D eigenvalue weighted by molar-refractivity contribution is 7.89. The van der Waals surface area contributed by atoms with Crippen LogP contribution < -0.4 is 4.90 Å². The highest BCUT2D eigenvalue weighted by atomic mass is 32.2. The molecule has 0 aliphatic carbocycles. The maximum absolute atomic E-state index is 14.2. The monoisotopic (exact) mass is 477 g/mol. The fourth-order valence-corrected chi connectivity index (χ4v) is 5.46. The van der Waals surface area contributed by atoms with Gasteiger partial charge in [-0.2, -0.15) is 4.31 Å². The van der Waals surface area contributed by atoms with Crippen molar-refractivity contribution in [2.75, 3.05) is 64.6 Å². The average molecular weight is 478 g/mol. The minimum absolute atomic E-state index is 0.0593. The predicted molar refractivity (Wildman–Crippen MR) is 121 cm³/mol. The van der Waals surface area contributed by atoms with E-state index in [2.05, 4.69) is 0 Å². The molecule has 0 radical (unpaired) electrons. The lowest BCUT2D eigenvalue weighted by Gasteiger charge is -2.32. The molecule has 8 nitrogen and oxygen atoms in total. The molecule has 0 bridgehead atoms. The van der Waals surface area contributed by atoms with Gasteiger partial charge < -0.3 is 19.3 Å². The largest absolute Gasteiger partial charge is 0.379 e. The van der Waals surface area contributed by atoms with Gasteiger partial charge in [-0.25, -0.2) is 12.8 Å². The minimum Gasteiger partial charge on any atom is -0.379 e. The van der Waals surface area contributed by atoms with Crippen LogP contribution in [-0.2, 0) is 26.0 Å². The number of benzene rings is 2. The zero-order chi connectivity index (χ0) is 23.4. The van der Waals surface area contributed by atoms with Crippen LogP contribution in [0.3, 0.4) is 0 Å². The SMILES string of the molecule is CN(Cc1ccccc1F)C(=O)c1cc(S(=O)(=O)N2CCOCC2)ccc1N1CCOCC1. The zero-order valence-electron chi connectivity index (χ0n) is 18.6. The third kappa shape index (κ3) is 5.19. The molecule has 2 aromatic carbocycles. The van der Waals surface area contributed by atoms with Gasteiger partial charge in [-0.1, -0.05) is 18.2 Å². The highest BCUT2D eigenvalue weighted by Crippen LogP contribution is 2.28. The average Bonchev–Trinajstić information content (AvgIpc) is 2.85. The predicted octanol–water partition coefficient (Wildman–Crippen LogP) is 1.96. The lowest BCUT2D eigenvalue weighted by molar-refractivity contribution is 0.0730. The first-order valence-electron chi connectivity index (χ1n) is 10.9. The summed E-state index contributed by atoms with van der Waals surface area (Å²) in [5.74, 6) is -0.770. The van der Waals surface area contributed by atoms with E-state index >= 15 is 0 Å². The zero-order valence-corrected chi connectivity index (χ0v) is 19.4. The first-order chi connectivity index (χ1) is 15.9. The Labute approximate surface area is 193 Å². The highest BCUT2D eigenvalue weighted by Gasteiger charge is 2.29. The molecule has 2 aromatic rings. The van der Waals surface area contributed by atoms with E-state index in [0.717, 1.165) is 0 Å². The minimum atomic E-state index is -3.78. The van der Waals surface area contributed by atoms with Crippen molar-refractivity contribution in [1.29, 1.82) is 0 Å².